The molecule has 1 aromatic carbocycles. The zero-order valence-corrected chi connectivity index (χ0v) is 22.3. The molecule has 3 aliphatic rings. The molecule has 0 aliphatic heterocycles. The fraction of sp³-hybridized carbons (Fsp3) is 0.393. The molecule has 2 heterocycles. The second-order valence-corrected chi connectivity index (χ2v) is 13.7. The van der Waals surface area contributed by atoms with Crippen molar-refractivity contribution in [3.63, 3.8) is 0 Å². The molecular weight excluding hydrogens is 515 g/mol. The van der Waals surface area contributed by atoms with Crippen molar-refractivity contribution in [2.75, 3.05) is 24.7 Å². The molecule has 39 heavy (non-hydrogen) atoms. The third-order valence-corrected chi connectivity index (χ3v) is 11.7. The lowest BCUT2D eigenvalue weighted by Crippen LogP contribution is -2.22. The summed E-state index contributed by atoms with van der Waals surface area (Å²) in [5.74, 6) is -0.721. The zero-order chi connectivity index (χ0) is 29.6. The number of para-hydroxylation sites is 1. The van der Waals surface area contributed by atoms with Crippen molar-refractivity contribution in [2.45, 2.75) is 49.8 Å². The van der Waals surface area contributed by atoms with E-state index in [0.29, 0.717) is 22.7 Å². The Morgan fingerprint density at radius 3 is 2.41 bits per heavy atom. The quantitative estimate of drug-likeness (QED) is 0.319. The summed E-state index contributed by atoms with van der Waals surface area (Å²) < 4.78 is 41.9. The first-order valence-corrected chi connectivity index (χ1v) is 14.9. The first kappa shape index (κ1) is 22.1. The van der Waals surface area contributed by atoms with Gasteiger partial charge in [0.2, 0.25) is 5.91 Å². The van der Waals surface area contributed by atoms with Gasteiger partial charge in [0.05, 0.1) is 24.2 Å². The SMILES string of the molecule is [2H]C([2H])([2H])NC(=O)c1nnc(NC(=O)C2CC2)cc1Nc1cccc(-c2ccc(P(=O)(C3CC3)C3CC3)cn2)c1OC. The molecule has 3 N–H and O–H groups in total. The number of nitrogens with zero attached hydrogens (tertiary/aromatic N) is 3. The number of benzene rings is 1. The Balaban J connectivity index is 1.32. The Hall–Kier alpha value is -3.78. The van der Waals surface area contributed by atoms with Crippen LogP contribution in [0, 0.1) is 5.92 Å². The van der Waals surface area contributed by atoms with E-state index in [2.05, 4.69) is 25.8 Å². The number of aromatic nitrogens is 3. The largest absolute Gasteiger partial charge is 0.494 e. The van der Waals surface area contributed by atoms with Gasteiger partial charge in [-0.2, -0.15) is 0 Å². The average Bonchev–Trinajstić information content (AvgIpc) is 3.80. The Morgan fingerprint density at radius 2 is 1.79 bits per heavy atom. The number of rotatable bonds is 10. The van der Waals surface area contributed by atoms with Crippen molar-refractivity contribution >= 4 is 41.5 Å². The van der Waals surface area contributed by atoms with Crippen LogP contribution in [0.15, 0.2) is 42.6 Å². The van der Waals surface area contributed by atoms with Crippen LogP contribution in [0.25, 0.3) is 11.3 Å². The van der Waals surface area contributed by atoms with Crippen LogP contribution in [0.4, 0.5) is 17.2 Å². The highest BCUT2D eigenvalue weighted by Gasteiger charge is 2.51. The van der Waals surface area contributed by atoms with Crippen molar-refractivity contribution in [1.29, 1.82) is 0 Å². The number of anilines is 3. The summed E-state index contributed by atoms with van der Waals surface area (Å²) in [5.41, 5.74) is 2.11. The smallest absolute Gasteiger partial charge is 0.273 e. The van der Waals surface area contributed by atoms with Gasteiger partial charge in [0.15, 0.2) is 17.3 Å². The summed E-state index contributed by atoms with van der Waals surface area (Å²) in [6, 6.07) is 10.5. The number of carbonyl (C=O) groups excluding carboxylic acids is 2. The highest BCUT2D eigenvalue weighted by molar-refractivity contribution is 7.73. The van der Waals surface area contributed by atoms with Gasteiger partial charge in [-0.1, -0.05) is 6.07 Å². The molecule has 6 rings (SSSR count). The summed E-state index contributed by atoms with van der Waals surface area (Å²) in [7, 11) is -0.952. The normalized spacial score (nSPS) is 18.3. The Labute approximate surface area is 230 Å². The predicted octanol–water partition coefficient (Wildman–Crippen LogP) is 4.31. The Morgan fingerprint density at radius 1 is 1.03 bits per heavy atom. The minimum absolute atomic E-state index is 0.0835. The van der Waals surface area contributed by atoms with Crippen LogP contribution in [-0.4, -0.2) is 52.4 Å². The van der Waals surface area contributed by atoms with Crippen LogP contribution in [0.1, 0.15) is 53.1 Å². The van der Waals surface area contributed by atoms with Gasteiger partial charge in [0, 0.05) is 51.5 Å². The van der Waals surface area contributed by atoms with Gasteiger partial charge in [-0.3, -0.25) is 14.6 Å². The number of hydrogen-bond acceptors (Lipinski definition) is 8. The third kappa shape index (κ3) is 5.01. The second kappa shape index (κ2) is 10.1. The maximum atomic E-state index is 13.9. The van der Waals surface area contributed by atoms with E-state index in [1.54, 1.807) is 18.3 Å². The molecule has 0 saturated heterocycles. The van der Waals surface area contributed by atoms with Crippen LogP contribution in [0.3, 0.4) is 0 Å². The Kier molecular flexibility index (Phi) is 5.70. The van der Waals surface area contributed by atoms with E-state index in [-0.39, 0.29) is 40.3 Å². The molecule has 3 aliphatic carbocycles. The molecule has 2 aromatic heterocycles. The minimum atomic E-state index is -2.74. The molecule has 3 fully saturated rings. The number of carbonyl (C=O) groups is 2. The van der Waals surface area contributed by atoms with Crippen LogP contribution in [0.5, 0.6) is 5.75 Å². The molecule has 11 heteroatoms. The van der Waals surface area contributed by atoms with Gasteiger partial charge in [-0.05, 0) is 62.8 Å². The number of nitrogens with one attached hydrogen (secondary N) is 3. The first-order chi connectivity index (χ1) is 20.1. The summed E-state index contributed by atoms with van der Waals surface area (Å²) in [5, 5.41) is 16.4. The average molecular weight is 550 g/mol. The van der Waals surface area contributed by atoms with Gasteiger partial charge in [-0.25, -0.2) is 0 Å². The van der Waals surface area contributed by atoms with Crippen LogP contribution in [-0.2, 0) is 9.36 Å². The molecule has 3 aromatic rings. The van der Waals surface area contributed by atoms with Crippen molar-refractivity contribution in [1.82, 2.24) is 20.5 Å². The molecular formula is C28H31N6O4P. The van der Waals surface area contributed by atoms with Crippen LogP contribution < -0.4 is 26.0 Å². The molecule has 0 atom stereocenters. The fourth-order valence-corrected chi connectivity index (χ4v) is 8.76. The molecule has 2 amide bonds. The van der Waals surface area contributed by atoms with Gasteiger partial charge in [-0.15, -0.1) is 10.2 Å². The topological polar surface area (TPSA) is 135 Å². The van der Waals surface area contributed by atoms with E-state index in [1.165, 1.54) is 13.2 Å². The number of amides is 2. The molecule has 0 radical (unpaired) electrons. The second-order valence-electron chi connectivity index (χ2n) is 10.3. The lowest BCUT2D eigenvalue weighted by molar-refractivity contribution is -0.117. The fourth-order valence-electron chi connectivity index (χ4n) is 4.94. The van der Waals surface area contributed by atoms with Gasteiger partial charge >= 0.3 is 0 Å². The highest BCUT2D eigenvalue weighted by atomic mass is 31.2. The maximum absolute atomic E-state index is 13.9. The molecule has 0 spiro atoms. The lowest BCUT2D eigenvalue weighted by atomic mass is 10.1. The number of ether oxygens (including phenoxy) is 1. The first-order valence-electron chi connectivity index (χ1n) is 14.6. The number of hydrogen-bond donors (Lipinski definition) is 3. The van der Waals surface area contributed by atoms with Crippen LogP contribution >= 0.6 is 7.14 Å². The lowest BCUT2D eigenvalue weighted by Gasteiger charge is -2.19. The minimum Gasteiger partial charge on any atom is -0.494 e. The third-order valence-electron chi connectivity index (χ3n) is 7.42. The monoisotopic (exact) mass is 549 g/mol. The Bertz CT molecular complexity index is 1570. The molecule has 0 unspecified atom stereocenters. The number of pyridine rings is 1. The zero-order valence-electron chi connectivity index (χ0n) is 24.4. The molecule has 10 nitrogen and oxygen atoms in total. The van der Waals surface area contributed by atoms with E-state index in [0.717, 1.165) is 43.8 Å². The van der Waals surface area contributed by atoms with E-state index in [9.17, 15) is 14.2 Å². The van der Waals surface area contributed by atoms with Gasteiger partial charge < -0.3 is 25.3 Å². The summed E-state index contributed by atoms with van der Waals surface area (Å²) in [4.78, 5) is 29.8. The van der Waals surface area contributed by atoms with Gasteiger partial charge in [0.25, 0.3) is 5.91 Å². The van der Waals surface area contributed by atoms with E-state index < -0.39 is 20.0 Å². The van der Waals surface area contributed by atoms with E-state index >= 15 is 0 Å². The van der Waals surface area contributed by atoms with Gasteiger partial charge in [0.1, 0.15) is 7.14 Å². The van der Waals surface area contributed by atoms with E-state index in [4.69, 9.17) is 8.85 Å². The maximum Gasteiger partial charge on any atom is 0.273 e. The summed E-state index contributed by atoms with van der Waals surface area (Å²) in [6.45, 7) is -2.74. The van der Waals surface area contributed by atoms with Crippen molar-refractivity contribution < 1.29 is 23.0 Å². The molecule has 0 bridgehead atoms. The predicted molar refractivity (Wildman–Crippen MR) is 150 cm³/mol. The van der Waals surface area contributed by atoms with Crippen molar-refractivity contribution in [3.8, 4) is 17.0 Å². The summed E-state index contributed by atoms with van der Waals surface area (Å²) in [6.07, 6.45) is 7.37. The van der Waals surface area contributed by atoms with Crippen molar-refractivity contribution in [3.05, 3.63) is 48.3 Å². The molecule has 202 valence electrons. The van der Waals surface area contributed by atoms with E-state index in [1.807, 2.05) is 23.5 Å². The van der Waals surface area contributed by atoms with Crippen molar-refractivity contribution in [2.24, 2.45) is 5.92 Å². The summed E-state index contributed by atoms with van der Waals surface area (Å²) >= 11 is 0. The molecule has 3 saturated carbocycles. The highest BCUT2D eigenvalue weighted by Crippen LogP contribution is 2.69. The standard InChI is InChI=1S/C28H31N6O4P/c1-29-28(36)25-23(14-24(33-34-25)32-27(35)16-6-7-16)31-22-5-3-4-20(26(22)38-2)21-13-12-19(15-30-21)39(37,17-8-9-17)18-10-11-18/h3-5,12-18H,6-11H2,1-2H3,(H,29,36)(H2,31,32,33,35)/i1D3. The van der Waals surface area contributed by atoms with Crippen LogP contribution in [0.2, 0.25) is 0 Å². The number of methoxy groups -OCH3 is 1.